The monoisotopic (exact) mass is 189 g/mol. The van der Waals surface area contributed by atoms with Gasteiger partial charge < -0.3 is 9.47 Å². The van der Waals surface area contributed by atoms with E-state index in [1.165, 1.54) is 0 Å². The third kappa shape index (κ3) is 6.40. The Bertz CT molecular complexity index is 139. The number of rotatable bonds is 6. The molecule has 0 rings (SSSR count). The zero-order valence-electron chi connectivity index (χ0n) is 8.63. The van der Waals surface area contributed by atoms with Gasteiger partial charge in [-0.25, -0.2) is 4.79 Å². The SMILES string of the molecule is CCCCC(NC(=O)OCC)OC. The first-order valence-corrected chi connectivity index (χ1v) is 4.70. The van der Waals surface area contributed by atoms with Crippen LogP contribution < -0.4 is 5.32 Å². The average Bonchev–Trinajstić information content (AvgIpc) is 2.12. The van der Waals surface area contributed by atoms with Gasteiger partial charge in [0.1, 0.15) is 6.23 Å². The van der Waals surface area contributed by atoms with Crippen molar-refractivity contribution in [3.63, 3.8) is 0 Å². The lowest BCUT2D eigenvalue weighted by molar-refractivity contribution is 0.0561. The van der Waals surface area contributed by atoms with Crippen LogP contribution in [-0.4, -0.2) is 26.0 Å². The van der Waals surface area contributed by atoms with Crippen molar-refractivity contribution in [3.05, 3.63) is 0 Å². The summed E-state index contributed by atoms with van der Waals surface area (Å²) < 4.78 is 9.78. The lowest BCUT2D eigenvalue weighted by Gasteiger charge is -2.15. The molecule has 4 heteroatoms. The zero-order chi connectivity index (χ0) is 10.1. The van der Waals surface area contributed by atoms with Gasteiger partial charge >= 0.3 is 6.09 Å². The maximum Gasteiger partial charge on any atom is 0.409 e. The molecule has 0 spiro atoms. The normalized spacial score (nSPS) is 12.2. The molecule has 0 aromatic carbocycles. The van der Waals surface area contributed by atoms with Crippen LogP contribution in [0.3, 0.4) is 0 Å². The number of carbonyl (C=O) groups is 1. The van der Waals surface area contributed by atoms with Crippen LogP contribution in [-0.2, 0) is 9.47 Å². The van der Waals surface area contributed by atoms with Crippen LogP contribution in [0.1, 0.15) is 33.1 Å². The van der Waals surface area contributed by atoms with Gasteiger partial charge in [0.05, 0.1) is 6.61 Å². The number of amides is 1. The van der Waals surface area contributed by atoms with Crippen molar-refractivity contribution in [3.8, 4) is 0 Å². The molecule has 13 heavy (non-hydrogen) atoms. The number of ether oxygens (including phenoxy) is 2. The molecule has 0 heterocycles. The van der Waals surface area contributed by atoms with E-state index in [-0.39, 0.29) is 6.23 Å². The molecular formula is C9H19NO3. The van der Waals surface area contributed by atoms with Crippen LogP contribution in [0.15, 0.2) is 0 Å². The molecule has 78 valence electrons. The van der Waals surface area contributed by atoms with E-state index < -0.39 is 6.09 Å². The Morgan fingerprint density at radius 1 is 1.46 bits per heavy atom. The van der Waals surface area contributed by atoms with E-state index in [4.69, 9.17) is 9.47 Å². The molecule has 1 amide bonds. The fourth-order valence-electron chi connectivity index (χ4n) is 0.943. The summed E-state index contributed by atoms with van der Waals surface area (Å²) in [5.74, 6) is 0. The lowest BCUT2D eigenvalue weighted by Crippen LogP contribution is -2.36. The van der Waals surface area contributed by atoms with E-state index in [1.807, 2.05) is 0 Å². The number of carbonyl (C=O) groups excluding carboxylic acids is 1. The van der Waals surface area contributed by atoms with Crippen LogP contribution in [0.5, 0.6) is 0 Å². The lowest BCUT2D eigenvalue weighted by atomic mass is 10.2. The second-order valence-corrected chi connectivity index (χ2v) is 2.73. The average molecular weight is 189 g/mol. The first-order chi connectivity index (χ1) is 6.24. The van der Waals surface area contributed by atoms with Crippen LogP contribution in [0, 0.1) is 0 Å². The van der Waals surface area contributed by atoms with Gasteiger partial charge in [0.15, 0.2) is 0 Å². The molecule has 0 aromatic rings. The molecule has 0 bridgehead atoms. The van der Waals surface area contributed by atoms with Crippen molar-refractivity contribution in [2.24, 2.45) is 0 Å². The van der Waals surface area contributed by atoms with Crippen molar-refractivity contribution in [1.29, 1.82) is 0 Å². The Hall–Kier alpha value is -0.770. The first kappa shape index (κ1) is 12.2. The predicted molar refractivity (Wildman–Crippen MR) is 50.5 cm³/mol. The first-order valence-electron chi connectivity index (χ1n) is 4.70. The minimum Gasteiger partial charge on any atom is -0.450 e. The van der Waals surface area contributed by atoms with Crippen molar-refractivity contribution in [1.82, 2.24) is 5.32 Å². The van der Waals surface area contributed by atoms with E-state index in [9.17, 15) is 4.79 Å². The molecule has 0 saturated heterocycles. The highest BCUT2D eigenvalue weighted by molar-refractivity contribution is 5.67. The van der Waals surface area contributed by atoms with Gasteiger partial charge in [-0.3, -0.25) is 5.32 Å². The van der Waals surface area contributed by atoms with Gasteiger partial charge in [-0.1, -0.05) is 13.3 Å². The molecule has 1 unspecified atom stereocenters. The highest BCUT2D eigenvalue weighted by Gasteiger charge is 2.10. The van der Waals surface area contributed by atoms with E-state index >= 15 is 0 Å². The molecule has 4 nitrogen and oxygen atoms in total. The predicted octanol–water partition coefficient (Wildman–Crippen LogP) is 1.90. The largest absolute Gasteiger partial charge is 0.450 e. The number of methoxy groups -OCH3 is 1. The molecule has 0 aliphatic carbocycles. The van der Waals surface area contributed by atoms with Crippen molar-refractivity contribution >= 4 is 6.09 Å². The maximum absolute atomic E-state index is 11.0. The molecule has 0 radical (unpaired) electrons. The zero-order valence-corrected chi connectivity index (χ0v) is 8.63. The summed E-state index contributed by atoms with van der Waals surface area (Å²) in [7, 11) is 1.58. The summed E-state index contributed by atoms with van der Waals surface area (Å²) in [5, 5.41) is 2.62. The van der Waals surface area contributed by atoms with Gasteiger partial charge in [0.25, 0.3) is 0 Å². The molecule has 1 N–H and O–H groups in total. The molecule has 0 fully saturated rings. The van der Waals surface area contributed by atoms with Gasteiger partial charge in [-0.15, -0.1) is 0 Å². The van der Waals surface area contributed by atoms with E-state index in [2.05, 4.69) is 12.2 Å². The summed E-state index contributed by atoms with van der Waals surface area (Å²) in [4.78, 5) is 11.0. The molecule has 0 saturated carbocycles. The number of alkyl carbamates (subject to hydrolysis) is 1. The summed E-state index contributed by atoms with van der Waals surface area (Å²) >= 11 is 0. The summed E-state index contributed by atoms with van der Waals surface area (Å²) in [6.07, 6.45) is 2.31. The number of hydrogen-bond donors (Lipinski definition) is 1. The Kier molecular flexibility index (Phi) is 7.39. The van der Waals surface area contributed by atoms with Crippen molar-refractivity contribution in [2.45, 2.75) is 39.3 Å². The fraction of sp³-hybridized carbons (Fsp3) is 0.889. The minimum absolute atomic E-state index is 0.223. The quantitative estimate of drug-likeness (QED) is 0.649. The van der Waals surface area contributed by atoms with Gasteiger partial charge in [-0.2, -0.15) is 0 Å². The van der Waals surface area contributed by atoms with E-state index in [0.717, 1.165) is 19.3 Å². The summed E-state index contributed by atoms with van der Waals surface area (Å²) in [6, 6.07) is 0. The smallest absolute Gasteiger partial charge is 0.409 e. The highest BCUT2D eigenvalue weighted by Crippen LogP contribution is 2.01. The third-order valence-electron chi connectivity index (χ3n) is 1.66. The van der Waals surface area contributed by atoms with Crippen LogP contribution in [0.2, 0.25) is 0 Å². The number of hydrogen-bond acceptors (Lipinski definition) is 3. The molecule has 0 aliphatic heterocycles. The Labute approximate surface area is 79.6 Å². The van der Waals surface area contributed by atoms with Gasteiger partial charge in [-0.05, 0) is 19.8 Å². The Morgan fingerprint density at radius 3 is 2.62 bits per heavy atom. The highest BCUT2D eigenvalue weighted by atomic mass is 16.6. The van der Waals surface area contributed by atoms with Gasteiger partial charge in [0.2, 0.25) is 0 Å². The number of nitrogens with one attached hydrogen (secondary N) is 1. The molecule has 1 atom stereocenters. The van der Waals surface area contributed by atoms with Crippen molar-refractivity contribution < 1.29 is 14.3 Å². The maximum atomic E-state index is 11.0. The van der Waals surface area contributed by atoms with E-state index in [0.29, 0.717) is 6.61 Å². The topological polar surface area (TPSA) is 47.6 Å². The van der Waals surface area contributed by atoms with Crippen LogP contribution in [0.25, 0.3) is 0 Å². The fourth-order valence-corrected chi connectivity index (χ4v) is 0.943. The second-order valence-electron chi connectivity index (χ2n) is 2.73. The summed E-state index contributed by atoms with van der Waals surface area (Å²) in [6.45, 7) is 4.25. The molecule has 0 aliphatic rings. The van der Waals surface area contributed by atoms with Crippen molar-refractivity contribution in [2.75, 3.05) is 13.7 Å². The Balaban J connectivity index is 3.62. The standard InChI is InChI=1S/C9H19NO3/c1-4-6-7-8(12-3)10-9(11)13-5-2/h8H,4-7H2,1-3H3,(H,10,11). The number of unbranched alkanes of at least 4 members (excludes halogenated alkanes) is 1. The molecular weight excluding hydrogens is 170 g/mol. The second kappa shape index (κ2) is 7.86. The minimum atomic E-state index is -0.412. The summed E-state index contributed by atoms with van der Waals surface area (Å²) in [5.41, 5.74) is 0. The van der Waals surface area contributed by atoms with Crippen LogP contribution in [0.4, 0.5) is 4.79 Å². The third-order valence-corrected chi connectivity index (χ3v) is 1.66. The Morgan fingerprint density at radius 2 is 2.15 bits per heavy atom. The molecule has 0 aromatic heterocycles. The van der Waals surface area contributed by atoms with Crippen LogP contribution >= 0.6 is 0 Å². The van der Waals surface area contributed by atoms with Gasteiger partial charge in [0, 0.05) is 7.11 Å². The van der Waals surface area contributed by atoms with E-state index in [1.54, 1.807) is 14.0 Å².